The number of hydrogen-bond acceptors (Lipinski definition) is 6. The second-order valence-corrected chi connectivity index (χ2v) is 11.8. The van der Waals surface area contributed by atoms with Crippen molar-refractivity contribution < 1.29 is 23.9 Å². The Bertz CT molecular complexity index is 1580. The molecule has 10 heteroatoms. The third-order valence-electron chi connectivity index (χ3n) is 8.30. The summed E-state index contributed by atoms with van der Waals surface area (Å²) in [5.74, 6) is 0.0249. The van der Waals surface area contributed by atoms with Crippen LogP contribution in [0.5, 0.6) is 5.75 Å². The van der Waals surface area contributed by atoms with Crippen LogP contribution in [0.15, 0.2) is 60.7 Å². The SMILES string of the molecule is NCCCCC(=O)NC1Cc2ccc(NC(=O)c3ccc(CN(C(=O)c4ccc5c(c4)OCC(=O)N5)C4CC4)cc3)cc2C1. The van der Waals surface area contributed by atoms with E-state index in [9.17, 15) is 19.2 Å². The fraction of sp³-hybridized carbons (Fsp3) is 0.353. The van der Waals surface area contributed by atoms with Gasteiger partial charge in [0.25, 0.3) is 17.7 Å². The Kier molecular flexibility index (Phi) is 8.60. The highest BCUT2D eigenvalue weighted by atomic mass is 16.5. The average Bonchev–Trinajstić information content (AvgIpc) is 3.79. The minimum Gasteiger partial charge on any atom is -0.482 e. The number of carbonyl (C=O) groups is 4. The monoisotopic (exact) mass is 595 g/mol. The van der Waals surface area contributed by atoms with Crippen molar-refractivity contribution in [1.29, 1.82) is 0 Å². The number of fused-ring (bicyclic) bond motifs is 2. The molecule has 6 rings (SSSR count). The highest BCUT2D eigenvalue weighted by molar-refractivity contribution is 6.04. The minimum atomic E-state index is -0.217. The van der Waals surface area contributed by atoms with Crippen molar-refractivity contribution in [3.05, 3.63) is 88.5 Å². The van der Waals surface area contributed by atoms with Crippen LogP contribution >= 0.6 is 0 Å². The molecule has 3 aromatic rings. The quantitative estimate of drug-likeness (QED) is 0.249. The Hall–Kier alpha value is -4.70. The van der Waals surface area contributed by atoms with Crippen LogP contribution in [-0.4, -0.2) is 53.8 Å². The lowest BCUT2D eigenvalue weighted by Gasteiger charge is -2.24. The molecule has 1 atom stereocenters. The summed E-state index contributed by atoms with van der Waals surface area (Å²) in [5, 5.41) is 8.86. The number of nitrogens with one attached hydrogen (secondary N) is 3. The summed E-state index contributed by atoms with van der Waals surface area (Å²) in [6.07, 6.45) is 5.56. The van der Waals surface area contributed by atoms with Gasteiger partial charge in [-0.1, -0.05) is 18.2 Å². The molecule has 228 valence electrons. The number of amides is 4. The first-order valence-electron chi connectivity index (χ1n) is 15.3. The Balaban J connectivity index is 1.05. The van der Waals surface area contributed by atoms with E-state index < -0.39 is 0 Å². The Morgan fingerprint density at radius 1 is 0.932 bits per heavy atom. The molecule has 0 radical (unpaired) electrons. The van der Waals surface area contributed by atoms with E-state index in [2.05, 4.69) is 16.0 Å². The smallest absolute Gasteiger partial charge is 0.262 e. The van der Waals surface area contributed by atoms with Crippen molar-refractivity contribution in [3.63, 3.8) is 0 Å². The molecule has 1 heterocycles. The van der Waals surface area contributed by atoms with Gasteiger partial charge in [0.1, 0.15) is 5.75 Å². The van der Waals surface area contributed by atoms with Crippen LogP contribution in [0.25, 0.3) is 0 Å². The zero-order valence-electron chi connectivity index (χ0n) is 24.6. The van der Waals surface area contributed by atoms with Gasteiger partial charge in [0.15, 0.2) is 6.61 Å². The van der Waals surface area contributed by atoms with Crippen molar-refractivity contribution in [2.45, 2.75) is 63.6 Å². The number of benzene rings is 3. The van der Waals surface area contributed by atoms with Crippen LogP contribution in [0.2, 0.25) is 0 Å². The summed E-state index contributed by atoms with van der Waals surface area (Å²) in [5.41, 5.74) is 11.1. The van der Waals surface area contributed by atoms with E-state index in [4.69, 9.17) is 10.5 Å². The topological polar surface area (TPSA) is 143 Å². The number of anilines is 2. The van der Waals surface area contributed by atoms with Gasteiger partial charge in [-0.3, -0.25) is 19.2 Å². The summed E-state index contributed by atoms with van der Waals surface area (Å²) < 4.78 is 5.49. The lowest BCUT2D eigenvalue weighted by molar-refractivity contribution is -0.122. The molecule has 1 unspecified atom stereocenters. The molecule has 0 aromatic heterocycles. The first-order chi connectivity index (χ1) is 21.4. The highest BCUT2D eigenvalue weighted by Gasteiger charge is 2.33. The van der Waals surface area contributed by atoms with Crippen LogP contribution < -0.4 is 26.4 Å². The lowest BCUT2D eigenvalue weighted by atomic mass is 10.1. The number of unbranched alkanes of at least 4 members (excludes halogenated alkanes) is 1. The van der Waals surface area contributed by atoms with Crippen LogP contribution in [0, 0.1) is 0 Å². The van der Waals surface area contributed by atoms with E-state index in [1.807, 2.05) is 35.2 Å². The van der Waals surface area contributed by atoms with Crippen LogP contribution in [0.1, 0.15) is 69.5 Å². The van der Waals surface area contributed by atoms with Gasteiger partial charge >= 0.3 is 0 Å². The molecule has 0 spiro atoms. The molecular formula is C34H37N5O5. The van der Waals surface area contributed by atoms with E-state index in [1.165, 1.54) is 5.56 Å². The highest BCUT2D eigenvalue weighted by Crippen LogP contribution is 2.33. The predicted molar refractivity (Wildman–Crippen MR) is 167 cm³/mol. The molecule has 4 amide bonds. The maximum atomic E-state index is 13.5. The fourth-order valence-electron chi connectivity index (χ4n) is 5.82. The van der Waals surface area contributed by atoms with Crippen molar-refractivity contribution in [2.75, 3.05) is 23.8 Å². The number of nitrogens with zero attached hydrogens (tertiary/aromatic N) is 1. The second-order valence-electron chi connectivity index (χ2n) is 11.8. The fourth-order valence-corrected chi connectivity index (χ4v) is 5.82. The Morgan fingerprint density at radius 3 is 2.48 bits per heavy atom. The lowest BCUT2D eigenvalue weighted by Crippen LogP contribution is -2.35. The zero-order chi connectivity index (χ0) is 30.6. The predicted octanol–water partition coefficient (Wildman–Crippen LogP) is 3.79. The van der Waals surface area contributed by atoms with Crippen molar-refractivity contribution in [2.24, 2.45) is 5.73 Å². The maximum Gasteiger partial charge on any atom is 0.262 e. The average molecular weight is 596 g/mol. The largest absolute Gasteiger partial charge is 0.482 e. The molecule has 2 aliphatic carbocycles. The molecule has 5 N–H and O–H groups in total. The standard InChI is InChI=1S/C34H37N5O5/c35-14-2-1-3-31(40)36-27-15-23-8-10-26(16-25(23)17-27)37-33(42)22-6-4-21(5-7-22)19-39(28-11-12-28)34(43)24-9-13-29-30(18-24)44-20-32(41)38-29/h4-10,13,16,18,27-28H,1-3,11-12,14-15,17,19-20,35H2,(H,36,40)(H,37,42)(H,38,41). The maximum absolute atomic E-state index is 13.5. The molecule has 1 fully saturated rings. The van der Waals surface area contributed by atoms with Crippen molar-refractivity contribution in [3.8, 4) is 5.75 Å². The summed E-state index contributed by atoms with van der Waals surface area (Å²) >= 11 is 0. The van der Waals surface area contributed by atoms with Gasteiger partial charge in [0.05, 0.1) is 5.69 Å². The third-order valence-corrected chi connectivity index (χ3v) is 8.30. The molecule has 44 heavy (non-hydrogen) atoms. The van der Waals surface area contributed by atoms with Gasteiger partial charge in [-0.15, -0.1) is 0 Å². The molecule has 10 nitrogen and oxygen atoms in total. The number of carbonyl (C=O) groups excluding carboxylic acids is 4. The van der Waals surface area contributed by atoms with E-state index >= 15 is 0 Å². The van der Waals surface area contributed by atoms with Gasteiger partial charge in [-0.25, -0.2) is 0 Å². The van der Waals surface area contributed by atoms with E-state index in [-0.39, 0.29) is 42.3 Å². The van der Waals surface area contributed by atoms with Crippen LogP contribution in [-0.2, 0) is 29.0 Å². The molecule has 3 aromatic carbocycles. The minimum absolute atomic E-state index is 0.0577. The number of rotatable bonds is 11. The molecule has 0 bridgehead atoms. The number of ether oxygens (including phenoxy) is 1. The van der Waals surface area contributed by atoms with E-state index in [1.54, 1.807) is 30.3 Å². The van der Waals surface area contributed by atoms with Gasteiger partial charge in [0, 0.05) is 41.9 Å². The Labute approximate surface area is 256 Å². The molecule has 0 saturated heterocycles. The van der Waals surface area contributed by atoms with E-state index in [0.29, 0.717) is 47.8 Å². The van der Waals surface area contributed by atoms with Gasteiger partial charge in [-0.2, -0.15) is 0 Å². The van der Waals surface area contributed by atoms with Crippen molar-refractivity contribution >= 4 is 35.0 Å². The first-order valence-corrected chi connectivity index (χ1v) is 15.3. The summed E-state index contributed by atoms with van der Waals surface area (Å²) in [7, 11) is 0. The van der Waals surface area contributed by atoms with Gasteiger partial charge < -0.3 is 31.3 Å². The first kappa shape index (κ1) is 29.4. The van der Waals surface area contributed by atoms with E-state index in [0.717, 1.165) is 49.7 Å². The molecule has 1 saturated carbocycles. The second kappa shape index (κ2) is 12.9. The Morgan fingerprint density at radius 2 is 1.70 bits per heavy atom. The van der Waals surface area contributed by atoms with Crippen LogP contribution in [0.3, 0.4) is 0 Å². The van der Waals surface area contributed by atoms with Crippen molar-refractivity contribution in [1.82, 2.24) is 10.2 Å². The third kappa shape index (κ3) is 6.92. The molecule has 1 aliphatic heterocycles. The normalized spacial score (nSPS) is 16.7. The number of nitrogens with two attached hydrogens (primary N) is 1. The van der Waals surface area contributed by atoms with Gasteiger partial charge in [0.2, 0.25) is 5.91 Å². The molecular weight excluding hydrogens is 558 g/mol. The summed E-state index contributed by atoms with van der Waals surface area (Å²) in [6.45, 7) is 0.952. The zero-order valence-corrected chi connectivity index (χ0v) is 24.6. The van der Waals surface area contributed by atoms with Crippen LogP contribution in [0.4, 0.5) is 11.4 Å². The summed E-state index contributed by atoms with van der Waals surface area (Å²) in [4.78, 5) is 52.2. The van der Waals surface area contributed by atoms with Gasteiger partial charge in [-0.05, 0) is 104 Å². The summed E-state index contributed by atoms with van der Waals surface area (Å²) in [6, 6.07) is 18.5. The molecule has 3 aliphatic rings. The number of hydrogen-bond donors (Lipinski definition) is 4.